The lowest BCUT2D eigenvalue weighted by molar-refractivity contribution is -0.142. The molecule has 0 aromatic carbocycles. The van der Waals surface area contributed by atoms with Gasteiger partial charge >= 0.3 is 0 Å². The van der Waals surface area contributed by atoms with Crippen LogP contribution in [-0.2, 0) is 9.59 Å². The highest BCUT2D eigenvalue weighted by atomic mass is 16.2. The molecule has 53 heavy (non-hydrogen) atoms. The second-order valence-electron chi connectivity index (χ2n) is 16.6. The molecule has 0 aromatic rings. The van der Waals surface area contributed by atoms with Gasteiger partial charge in [0.25, 0.3) is 0 Å². The van der Waals surface area contributed by atoms with Gasteiger partial charge in [-0.3, -0.25) is 9.59 Å². The van der Waals surface area contributed by atoms with Crippen molar-refractivity contribution in [2.75, 3.05) is 32.7 Å². The van der Waals surface area contributed by atoms with Crippen molar-refractivity contribution in [2.24, 2.45) is 5.92 Å². The SMILES string of the molecule is CCCCCCCC/C=C\CCCCCCCC(=O)N(CCCN(CC)CC)C(C(=O)NCCCCCCCCCCCCCCCCCC)C(C)C. The summed E-state index contributed by atoms with van der Waals surface area (Å²) in [7, 11) is 0. The van der Waals surface area contributed by atoms with Gasteiger partial charge in [0.2, 0.25) is 11.8 Å². The van der Waals surface area contributed by atoms with Gasteiger partial charge in [-0.05, 0) is 70.5 Å². The first-order valence-corrected chi connectivity index (χ1v) is 23.9. The lowest BCUT2D eigenvalue weighted by atomic mass is 9.99. The third kappa shape index (κ3) is 32.6. The van der Waals surface area contributed by atoms with Crippen LogP contribution in [-0.4, -0.2) is 60.4 Å². The summed E-state index contributed by atoms with van der Waals surface area (Å²) in [5.74, 6) is 0.299. The number of rotatable bonds is 41. The van der Waals surface area contributed by atoms with Crippen molar-refractivity contribution in [3.63, 3.8) is 0 Å². The first kappa shape index (κ1) is 51.6. The average Bonchev–Trinajstić information content (AvgIpc) is 3.15. The predicted molar refractivity (Wildman–Crippen MR) is 235 cm³/mol. The number of unbranched alkanes of at least 4 members (excludes halogenated alkanes) is 26. The molecule has 5 heteroatoms. The van der Waals surface area contributed by atoms with Crippen molar-refractivity contribution in [1.29, 1.82) is 0 Å². The van der Waals surface area contributed by atoms with E-state index in [9.17, 15) is 9.59 Å². The highest BCUT2D eigenvalue weighted by Gasteiger charge is 2.31. The van der Waals surface area contributed by atoms with Crippen LogP contribution in [0.3, 0.4) is 0 Å². The summed E-state index contributed by atoms with van der Waals surface area (Å²) in [6.45, 7) is 17.6. The molecule has 1 unspecified atom stereocenters. The maximum atomic E-state index is 13.7. The zero-order chi connectivity index (χ0) is 39.0. The monoisotopic (exact) mass is 746 g/mol. The Kier molecular flexibility index (Phi) is 39.3. The average molecular weight is 746 g/mol. The molecule has 0 aliphatic rings. The van der Waals surface area contributed by atoms with E-state index < -0.39 is 0 Å². The maximum Gasteiger partial charge on any atom is 0.243 e. The van der Waals surface area contributed by atoms with Crippen molar-refractivity contribution < 1.29 is 9.59 Å². The van der Waals surface area contributed by atoms with E-state index in [0.29, 0.717) is 13.0 Å². The van der Waals surface area contributed by atoms with Crippen LogP contribution in [0.25, 0.3) is 0 Å². The lowest BCUT2D eigenvalue weighted by Crippen LogP contribution is -2.53. The smallest absolute Gasteiger partial charge is 0.243 e. The van der Waals surface area contributed by atoms with Crippen LogP contribution in [0.15, 0.2) is 12.2 Å². The number of carbonyl (C=O) groups excluding carboxylic acids is 2. The van der Waals surface area contributed by atoms with E-state index in [1.165, 1.54) is 167 Å². The third-order valence-corrected chi connectivity index (χ3v) is 11.3. The molecule has 0 saturated carbocycles. The summed E-state index contributed by atoms with van der Waals surface area (Å²) in [5, 5.41) is 3.24. The number of hydrogen-bond donors (Lipinski definition) is 1. The number of nitrogens with zero attached hydrogens (tertiary/aromatic N) is 2. The fourth-order valence-corrected chi connectivity index (χ4v) is 7.71. The first-order chi connectivity index (χ1) is 25.9. The van der Waals surface area contributed by atoms with E-state index in [-0.39, 0.29) is 23.8 Å². The molecular formula is C48H95N3O2. The molecule has 0 radical (unpaired) electrons. The summed E-state index contributed by atoms with van der Waals surface area (Å²) in [6.07, 6.45) is 44.1. The fourth-order valence-electron chi connectivity index (χ4n) is 7.71. The van der Waals surface area contributed by atoms with Crippen LogP contribution >= 0.6 is 0 Å². The Balaban J connectivity index is 4.44. The molecular weight excluding hydrogens is 651 g/mol. The van der Waals surface area contributed by atoms with Gasteiger partial charge in [-0.1, -0.05) is 201 Å². The highest BCUT2D eigenvalue weighted by molar-refractivity contribution is 5.87. The Bertz CT molecular complexity index is 809. The van der Waals surface area contributed by atoms with Gasteiger partial charge in [0, 0.05) is 19.5 Å². The third-order valence-electron chi connectivity index (χ3n) is 11.3. The quantitative estimate of drug-likeness (QED) is 0.0501. The molecule has 0 aliphatic heterocycles. The lowest BCUT2D eigenvalue weighted by Gasteiger charge is -2.34. The maximum absolute atomic E-state index is 13.7. The van der Waals surface area contributed by atoms with Crippen molar-refractivity contribution in [3.05, 3.63) is 12.2 Å². The summed E-state index contributed by atoms with van der Waals surface area (Å²) in [6, 6.07) is -0.386. The predicted octanol–water partition coefficient (Wildman–Crippen LogP) is 14.0. The van der Waals surface area contributed by atoms with E-state index >= 15 is 0 Å². The van der Waals surface area contributed by atoms with E-state index in [4.69, 9.17) is 0 Å². The first-order valence-electron chi connectivity index (χ1n) is 23.9. The number of amides is 2. The molecule has 5 nitrogen and oxygen atoms in total. The Labute approximate surface area is 333 Å². The van der Waals surface area contributed by atoms with E-state index in [1.54, 1.807) is 0 Å². The van der Waals surface area contributed by atoms with E-state index in [0.717, 1.165) is 51.9 Å². The van der Waals surface area contributed by atoms with E-state index in [1.807, 2.05) is 4.90 Å². The van der Waals surface area contributed by atoms with Crippen LogP contribution in [0.5, 0.6) is 0 Å². The number of carbonyl (C=O) groups is 2. The number of nitrogens with one attached hydrogen (secondary N) is 1. The van der Waals surface area contributed by atoms with Crippen molar-refractivity contribution in [2.45, 2.75) is 247 Å². The second kappa shape index (κ2) is 40.3. The molecule has 1 atom stereocenters. The van der Waals surface area contributed by atoms with Crippen LogP contribution in [0.1, 0.15) is 241 Å². The molecule has 0 bridgehead atoms. The molecule has 1 N–H and O–H groups in total. The molecule has 0 saturated heterocycles. The van der Waals surface area contributed by atoms with Crippen molar-refractivity contribution in [1.82, 2.24) is 15.1 Å². The fraction of sp³-hybridized carbons (Fsp3) is 0.917. The molecule has 2 amide bonds. The molecule has 0 rings (SSSR count). The Morgan fingerprint density at radius 1 is 0.491 bits per heavy atom. The molecule has 0 heterocycles. The van der Waals surface area contributed by atoms with E-state index in [2.05, 4.69) is 63.9 Å². The Morgan fingerprint density at radius 3 is 1.30 bits per heavy atom. The summed E-state index contributed by atoms with van der Waals surface area (Å²) in [5.41, 5.74) is 0. The molecule has 0 aromatic heterocycles. The van der Waals surface area contributed by atoms with Crippen molar-refractivity contribution in [3.8, 4) is 0 Å². The number of hydrogen-bond acceptors (Lipinski definition) is 3. The molecule has 314 valence electrons. The van der Waals surface area contributed by atoms with Crippen LogP contribution in [0.4, 0.5) is 0 Å². The normalized spacial score (nSPS) is 12.4. The van der Waals surface area contributed by atoms with Gasteiger partial charge in [-0.15, -0.1) is 0 Å². The van der Waals surface area contributed by atoms with Gasteiger partial charge in [0.05, 0.1) is 0 Å². The second-order valence-corrected chi connectivity index (χ2v) is 16.6. The van der Waals surface area contributed by atoms with Gasteiger partial charge in [0.1, 0.15) is 6.04 Å². The van der Waals surface area contributed by atoms with Gasteiger partial charge in [-0.2, -0.15) is 0 Å². The zero-order valence-corrected chi connectivity index (χ0v) is 37.0. The standard InChI is InChI=1S/C48H95N3O2/c1-7-11-13-15-17-19-21-23-25-27-29-31-33-35-37-39-42-49-48(53)47(45(5)6)51(44-40-43-50(9-3)10-4)46(52)41-38-36-34-32-30-28-26-24-22-20-18-16-14-12-8-2/h24,26,45,47H,7-23,25,27-44H2,1-6H3,(H,49,53)/b26-24-. The van der Waals surface area contributed by atoms with Gasteiger partial charge in [-0.25, -0.2) is 0 Å². The summed E-state index contributed by atoms with van der Waals surface area (Å²) >= 11 is 0. The molecule has 0 spiro atoms. The molecule has 0 fully saturated rings. The van der Waals surface area contributed by atoms with Crippen molar-refractivity contribution >= 4 is 11.8 Å². The molecule has 0 aliphatic carbocycles. The Hall–Kier alpha value is -1.36. The number of allylic oxidation sites excluding steroid dienone is 2. The van der Waals surface area contributed by atoms with Gasteiger partial charge < -0.3 is 15.1 Å². The largest absolute Gasteiger partial charge is 0.354 e. The van der Waals surface area contributed by atoms with Gasteiger partial charge in [0.15, 0.2) is 0 Å². The highest BCUT2D eigenvalue weighted by Crippen LogP contribution is 2.18. The minimum Gasteiger partial charge on any atom is -0.354 e. The zero-order valence-electron chi connectivity index (χ0n) is 37.0. The minimum absolute atomic E-state index is 0.0432. The topological polar surface area (TPSA) is 52.7 Å². The van der Waals surface area contributed by atoms with Crippen LogP contribution in [0.2, 0.25) is 0 Å². The van der Waals surface area contributed by atoms with Crippen LogP contribution < -0.4 is 5.32 Å². The minimum atomic E-state index is -0.386. The summed E-state index contributed by atoms with van der Waals surface area (Å²) in [4.78, 5) is 31.7. The summed E-state index contributed by atoms with van der Waals surface area (Å²) < 4.78 is 0. The Morgan fingerprint density at radius 2 is 0.887 bits per heavy atom. The van der Waals surface area contributed by atoms with Crippen LogP contribution in [0, 0.1) is 5.92 Å².